The summed E-state index contributed by atoms with van der Waals surface area (Å²) in [5.41, 5.74) is 7.87. The predicted octanol–water partition coefficient (Wildman–Crippen LogP) is 1.80. The van der Waals surface area contributed by atoms with E-state index in [2.05, 4.69) is 4.99 Å². The highest BCUT2D eigenvalue weighted by Gasteiger charge is 2.28. The van der Waals surface area contributed by atoms with Gasteiger partial charge in [0.05, 0.1) is 18.0 Å². The van der Waals surface area contributed by atoms with E-state index in [1.807, 2.05) is 29.2 Å². The summed E-state index contributed by atoms with van der Waals surface area (Å²) in [7, 11) is -3.35. The normalized spacial score (nSPS) is 18.2. The van der Waals surface area contributed by atoms with Gasteiger partial charge in [-0.2, -0.15) is 0 Å². The highest BCUT2D eigenvalue weighted by molar-refractivity contribution is 14.0. The van der Waals surface area contributed by atoms with E-state index in [0.717, 1.165) is 43.6 Å². The van der Waals surface area contributed by atoms with Crippen molar-refractivity contribution in [3.63, 3.8) is 0 Å². The van der Waals surface area contributed by atoms with Crippen LogP contribution in [-0.4, -0.2) is 51.2 Å². The first-order chi connectivity index (χ1) is 11.1. The van der Waals surface area contributed by atoms with Gasteiger partial charge in [0.25, 0.3) is 0 Å². The van der Waals surface area contributed by atoms with Gasteiger partial charge in [0.1, 0.15) is 0 Å². The topological polar surface area (TPSA) is 79.0 Å². The van der Waals surface area contributed by atoms with Crippen molar-refractivity contribution >= 4 is 45.6 Å². The number of sulfonamides is 1. The Bertz CT molecular complexity index is 687. The van der Waals surface area contributed by atoms with Gasteiger partial charge in [0, 0.05) is 19.6 Å². The van der Waals surface area contributed by atoms with E-state index in [9.17, 15) is 8.42 Å². The maximum Gasteiger partial charge on any atom is 0.237 e. The quantitative estimate of drug-likeness (QED) is 0.419. The molecule has 2 N–H and O–H groups in total. The van der Waals surface area contributed by atoms with Crippen LogP contribution in [0.2, 0.25) is 0 Å². The van der Waals surface area contributed by atoms with Gasteiger partial charge >= 0.3 is 0 Å². The molecule has 0 atom stereocenters. The molecule has 0 aromatic heterocycles. The predicted molar refractivity (Wildman–Crippen MR) is 109 cm³/mol. The van der Waals surface area contributed by atoms with Crippen molar-refractivity contribution in [1.29, 1.82) is 0 Å². The second kappa shape index (κ2) is 8.37. The van der Waals surface area contributed by atoms with Crippen LogP contribution in [0.15, 0.2) is 29.3 Å². The zero-order valence-corrected chi connectivity index (χ0v) is 16.9. The van der Waals surface area contributed by atoms with Gasteiger partial charge in [0.15, 0.2) is 5.96 Å². The lowest BCUT2D eigenvalue weighted by molar-refractivity contribution is 0.338. The van der Waals surface area contributed by atoms with Crippen molar-refractivity contribution in [2.24, 2.45) is 10.7 Å². The van der Waals surface area contributed by atoms with E-state index in [1.54, 1.807) is 0 Å². The number of guanidine groups is 1. The molecule has 1 aromatic carbocycles. The number of nitrogens with zero attached hydrogens (tertiary/aromatic N) is 3. The van der Waals surface area contributed by atoms with E-state index in [4.69, 9.17) is 5.73 Å². The van der Waals surface area contributed by atoms with E-state index in [0.29, 0.717) is 12.5 Å². The number of halogens is 1. The van der Waals surface area contributed by atoms with E-state index < -0.39 is 10.0 Å². The largest absolute Gasteiger partial charge is 0.370 e. The molecule has 1 fully saturated rings. The average Bonchev–Trinajstić information content (AvgIpc) is 3.00. The molecule has 24 heavy (non-hydrogen) atoms. The Kier molecular flexibility index (Phi) is 6.73. The lowest BCUT2D eigenvalue weighted by Crippen LogP contribution is -2.41. The molecule has 0 unspecified atom stereocenters. The van der Waals surface area contributed by atoms with Crippen LogP contribution in [0.1, 0.15) is 24.8 Å². The first kappa shape index (κ1) is 19.3. The summed E-state index contributed by atoms with van der Waals surface area (Å²) in [6, 6.07) is 7.67. The molecule has 0 bridgehead atoms. The van der Waals surface area contributed by atoms with Crippen LogP contribution >= 0.6 is 24.0 Å². The fourth-order valence-electron chi connectivity index (χ4n) is 3.21. The number of para-hydroxylation sites is 1. The van der Waals surface area contributed by atoms with Gasteiger partial charge in [-0.05, 0) is 37.3 Å². The van der Waals surface area contributed by atoms with Gasteiger partial charge in [-0.3, -0.25) is 9.30 Å². The second-order valence-corrected chi connectivity index (χ2v) is 8.07. The van der Waals surface area contributed by atoms with Crippen molar-refractivity contribution in [3.8, 4) is 0 Å². The van der Waals surface area contributed by atoms with Crippen molar-refractivity contribution in [3.05, 3.63) is 29.8 Å². The van der Waals surface area contributed by atoms with Crippen LogP contribution in [0.4, 0.5) is 5.69 Å². The number of rotatable bonds is 4. The van der Waals surface area contributed by atoms with Gasteiger partial charge in [-0.25, -0.2) is 8.42 Å². The van der Waals surface area contributed by atoms with Crippen molar-refractivity contribution in [1.82, 2.24) is 4.90 Å². The molecule has 6 nitrogen and oxygen atoms in total. The molecule has 2 aliphatic rings. The third-order valence-corrected chi connectivity index (χ3v) is 6.23. The maximum absolute atomic E-state index is 12.6. The summed E-state index contributed by atoms with van der Waals surface area (Å²) in [6.07, 6.45) is 4.25. The summed E-state index contributed by atoms with van der Waals surface area (Å²) >= 11 is 0. The molecule has 2 aliphatic heterocycles. The summed E-state index contributed by atoms with van der Waals surface area (Å²) in [5, 5.41) is 0. The lowest BCUT2D eigenvalue weighted by Gasteiger charge is -2.27. The third-order valence-electron chi connectivity index (χ3n) is 4.48. The average molecular weight is 464 g/mol. The first-order valence-electron chi connectivity index (χ1n) is 8.21. The highest BCUT2D eigenvalue weighted by Crippen LogP contribution is 2.29. The SMILES string of the molecule is I.NC(=NCCS(=O)(=O)N1CCc2ccccc21)N1CCCCC1. The van der Waals surface area contributed by atoms with Gasteiger partial charge < -0.3 is 10.6 Å². The molecule has 1 saturated heterocycles. The Balaban J connectivity index is 0.00000208. The molecule has 1 aromatic rings. The van der Waals surface area contributed by atoms with Crippen LogP contribution in [0.3, 0.4) is 0 Å². The summed E-state index contributed by atoms with van der Waals surface area (Å²) in [4.78, 5) is 6.32. The monoisotopic (exact) mass is 464 g/mol. The number of aliphatic imine (C=N–C) groups is 1. The molecule has 0 radical (unpaired) electrons. The Labute approximate surface area is 161 Å². The van der Waals surface area contributed by atoms with Gasteiger partial charge in [0.2, 0.25) is 10.0 Å². The Morgan fingerprint density at radius 2 is 1.83 bits per heavy atom. The van der Waals surface area contributed by atoms with Crippen molar-refractivity contribution in [2.45, 2.75) is 25.7 Å². The first-order valence-corrected chi connectivity index (χ1v) is 9.82. The minimum Gasteiger partial charge on any atom is -0.370 e. The summed E-state index contributed by atoms with van der Waals surface area (Å²) in [6.45, 7) is 2.57. The number of benzene rings is 1. The van der Waals surface area contributed by atoms with Crippen LogP contribution in [0.5, 0.6) is 0 Å². The molecule has 134 valence electrons. The minimum absolute atomic E-state index is 0. The van der Waals surface area contributed by atoms with Crippen LogP contribution in [-0.2, 0) is 16.4 Å². The van der Waals surface area contributed by atoms with Crippen LogP contribution in [0, 0.1) is 0 Å². The van der Waals surface area contributed by atoms with Gasteiger partial charge in [-0.15, -0.1) is 24.0 Å². The van der Waals surface area contributed by atoms with E-state index in [-0.39, 0.29) is 36.3 Å². The Morgan fingerprint density at radius 1 is 1.12 bits per heavy atom. The molecule has 0 spiro atoms. The molecular formula is C16H25IN4O2S. The smallest absolute Gasteiger partial charge is 0.237 e. The standard InChI is InChI=1S/C16H24N4O2S.HI/c17-16(19-10-4-1-5-11-19)18-9-13-23(21,22)20-12-8-14-6-2-3-7-15(14)20;/h2-3,6-7H,1,4-5,8-13H2,(H2,17,18);1H. The van der Waals surface area contributed by atoms with Crippen molar-refractivity contribution in [2.75, 3.05) is 36.2 Å². The number of hydrogen-bond acceptors (Lipinski definition) is 3. The van der Waals surface area contributed by atoms with Crippen LogP contribution < -0.4 is 10.0 Å². The zero-order chi connectivity index (χ0) is 16.3. The lowest BCUT2D eigenvalue weighted by atomic mass is 10.1. The minimum atomic E-state index is -3.35. The molecule has 0 aliphatic carbocycles. The fraction of sp³-hybridized carbons (Fsp3) is 0.562. The number of anilines is 1. The Hall–Kier alpha value is -1.03. The molecule has 8 heteroatoms. The van der Waals surface area contributed by atoms with Crippen LogP contribution in [0.25, 0.3) is 0 Å². The van der Waals surface area contributed by atoms with E-state index in [1.165, 1.54) is 10.7 Å². The number of fused-ring (bicyclic) bond motifs is 1. The maximum atomic E-state index is 12.6. The molecule has 0 amide bonds. The summed E-state index contributed by atoms with van der Waals surface area (Å²) < 4.78 is 26.6. The highest BCUT2D eigenvalue weighted by atomic mass is 127. The Morgan fingerprint density at radius 3 is 2.58 bits per heavy atom. The van der Waals surface area contributed by atoms with Crippen molar-refractivity contribution < 1.29 is 8.42 Å². The number of likely N-dealkylation sites (tertiary alicyclic amines) is 1. The van der Waals surface area contributed by atoms with Gasteiger partial charge in [-0.1, -0.05) is 18.2 Å². The zero-order valence-electron chi connectivity index (χ0n) is 13.7. The second-order valence-electron chi connectivity index (χ2n) is 6.05. The van der Waals surface area contributed by atoms with E-state index >= 15 is 0 Å². The third kappa shape index (κ3) is 4.33. The number of nitrogens with two attached hydrogens (primary N) is 1. The fourth-order valence-corrected chi connectivity index (χ4v) is 4.60. The molecular weight excluding hydrogens is 439 g/mol. The molecule has 0 saturated carbocycles. The molecule has 2 heterocycles. The molecule has 3 rings (SSSR count). The number of hydrogen-bond donors (Lipinski definition) is 1. The number of piperidine rings is 1. The summed E-state index contributed by atoms with van der Waals surface area (Å²) in [5.74, 6) is 0.470.